The van der Waals surface area contributed by atoms with Gasteiger partial charge in [-0.05, 0) is 17.2 Å². The second kappa shape index (κ2) is 6.14. The van der Waals surface area contributed by atoms with Gasteiger partial charge in [0, 0.05) is 11.8 Å². The van der Waals surface area contributed by atoms with Crippen LogP contribution in [-0.2, 0) is 5.75 Å². The van der Waals surface area contributed by atoms with Gasteiger partial charge in [0.05, 0.1) is 10.0 Å². The lowest BCUT2D eigenvalue weighted by Gasteiger charge is -1.99. The van der Waals surface area contributed by atoms with E-state index in [1.54, 1.807) is 12.1 Å². The van der Waals surface area contributed by atoms with Gasteiger partial charge < -0.3 is 4.42 Å². The van der Waals surface area contributed by atoms with Crippen LogP contribution in [-0.4, -0.2) is 4.98 Å². The number of fused-ring (bicyclic) bond motifs is 1. The van der Waals surface area contributed by atoms with Crippen LogP contribution >= 0.6 is 35.0 Å². The molecule has 0 N–H and O–H groups in total. The number of halogens is 2. The third kappa shape index (κ3) is 3.26. The minimum atomic E-state index is 0.469. The Morgan fingerprint density at radius 3 is 2.57 bits per heavy atom. The zero-order valence-electron chi connectivity index (χ0n) is 11.0. The second-order valence-electron chi connectivity index (χ2n) is 4.45. The van der Waals surface area contributed by atoms with Crippen LogP contribution in [0, 0.1) is 0 Å². The largest absolute Gasteiger partial charge is 0.431 e. The van der Waals surface area contributed by atoms with E-state index in [0.717, 1.165) is 11.3 Å². The molecule has 0 radical (unpaired) electrons. The third-order valence-corrected chi connectivity index (χ3v) is 4.61. The molecule has 0 saturated heterocycles. The van der Waals surface area contributed by atoms with Gasteiger partial charge in [0.2, 0.25) is 0 Å². The molecule has 0 fully saturated rings. The second-order valence-corrected chi connectivity index (χ2v) is 6.19. The van der Waals surface area contributed by atoms with Crippen LogP contribution in [0.5, 0.6) is 0 Å². The molecule has 0 unspecified atom stereocenters. The lowest BCUT2D eigenvalue weighted by atomic mass is 10.1. The van der Waals surface area contributed by atoms with E-state index in [-0.39, 0.29) is 0 Å². The third-order valence-electron chi connectivity index (χ3n) is 2.99. The molecule has 0 atom stereocenters. The van der Waals surface area contributed by atoms with Gasteiger partial charge in [-0.3, -0.25) is 0 Å². The molecule has 0 saturated carbocycles. The standard InChI is InChI=1S/C16H11Cl2NOS/c1-2-10-3-5-11(6-4-10)9-21-16-19-14-7-12(17)13(18)8-15(14)20-16/h2-8H,1,9H2. The molecule has 5 heteroatoms. The van der Waals surface area contributed by atoms with E-state index in [1.165, 1.54) is 17.3 Å². The summed E-state index contributed by atoms with van der Waals surface area (Å²) in [5, 5.41) is 1.56. The van der Waals surface area contributed by atoms with E-state index in [1.807, 2.05) is 18.2 Å². The highest BCUT2D eigenvalue weighted by Gasteiger charge is 2.09. The van der Waals surface area contributed by atoms with Crippen molar-refractivity contribution >= 4 is 52.1 Å². The van der Waals surface area contributed by atoms with E-state index in [2.05, 4.69) is 23.7 Å². The Balaban J connectivity index is 1.76. The summed E-state index contributed by atoms with van der Waals surface area (Å²) in [6.07, 6.45) is 1.82. The van der Waals surface area contributed by atoms with Gasteiger partial charge in [-0.25, -0.2) is 4.98 Å². The Labute approximate surface area is 136 Å². The van der Waals surface area contributed by atoms with Crippen LogP contribution in [0.4, 0.5) is 0 Å². The highest BCUT2D eigenvalue weighted by molar-refractivity contribution is 7.98. The summed E-state index contributed by atoms with van der Waals surface area (Å²) < 4.78 is 5.66. The maximum Gasteiger partial charge on any atom is 0.257 e. The number of rotatable bonds is 4. The molecular weight excluding hydrogens is 325 g/mol. The van der Waals surface area contributed by atoms with Gasteiger partial charge in [-0.2, -0.15) is 0 Å². The molecule has 0 aliphatic carbocycles. The van der Waals surface area contributed by atoms with Crippen LogP contribution in [0.1, 0.15) is 11.1 Å². The topological polar surface area (TPSA) is 26.0 Å². The minimum Gasteiger partial charge on any atom is -0.431 e. The van der Waals surface area contributed by atoms with Gasteiger partial charge >= 0.3 is 0 Å². The molecule has 3 rings (SSSR count). The Morgan fingerprint density at radius 2 is 1.86 bits per heavy atom. The Morgan fingerprint density at radius 1 is 1.14 bits per heavy atom. The van der Waals surface area contributed by atoms with Crippen molar-refractivity contribution in [2.24, 2.45) is 0 Å². The summed E-state index contributed by atoms with van der Waals surface area (Å²) in [4.78, 5) is 4.40. The van der Waals surface area contributed by atoms with Crippen molar-refractivity contribution in [2.75, 3.05) is 0 Å². The Hall–Kier alpha value is -1.42. The number of thioether (sulfide) groups is 1. The van der Waals surface area contributed by atoms with E-state index in [0.29, 0.717) is 26.4 Å². The van der Waals surface area contributed by atoms with Crippen molar-refractivity contribution in [3.05, 3.63) is 64.1 Å². The number of benzene rings is 2. The quantitative estimate of drug-likeness (QED) is 0.541. The van der Waals surface area contributed by atoms with Crippen molar-refractivity contribution in [1.82, 2.24) is 4.98 Å². The SMILES string of the molecule is C=Cc1ccc(CSc2nc3cc(Cl)c(Cl)cc3o2)cc1. The molecular formula is C16H11Cl2NOS. The fraction of sp³-hybridized carbons (Fsp3) is 0.0625. The van der Waals surface area contributed by atoms with Gasteiger partial charge in [-0.15, -0.1) is 0 Å². The average molecular weight is 336 g/mol. The minimum absolute atomic E-state index is 0.469. The molecule has 3 aromatic rings. The zero-order valence-corrected chi connectivity index (χ0v) is 13.3. The van der Waals surface area contributed by atoms with Crippen molar-refractivity contribution in [3.63, 3.8) is 0 Å². The summed E-state index contributed by atoms with van der Waals surface area (Å²) in [6.45, 7) is 3.74. The maximum atomic E-state index is 5.97. The van der Waals surface area contributed by atoms with E-state index in [9.17, 15) is 0 Å². The van der Waals surface area contributed by atoms with Gasteiger partial charge in [0.25, 0.3) is 5.22 Å². The molecule has 106 valence electrons. The molecule has 1 heterocycles. The summed E-state index contributed by atoms with van der Waals surface area (Å²) in [6, 6.07) is 11.6. The van der Waals surface area contributed by atoms with Crippen molar-refractivity contribution < 1.29 is 4.42 Å². The Kier molecular flexibility index (Phi) is 4.24. The normalized spacial score (nSPS) is 11.0. The number of aromatic nitrogens is 1. The summed E-state index contributed by atoms with van der Waals surface area (Å²) >= 11 is 13.5. The average Bonchev–Trinajstić information content (AvgIpc) is 2.88. The predicted octanol–water partition coefficient (Wildman–Crippen LogP) is 6.07. The van der Waals surface area contributed by atoms with Crippen LogP contribution in [0.2, 0.25) is 10.0 Å². The molecule has 21 heavy (non-hydrogen) atoms. The first-order chi connectivity index (χ1) is 10.2. The number of hydrogen-bond acceptors (Lipinski definition) is 3. The molecule has 0 bridgehead atoms. The lowest BCUT2D eigenvalue weighted by Crippen LogP contribution is -1.81. The van der Waals surface area contributed by atoms with Gasteiger partial charge in [0.1, 0.15) is 5.52 Å². The number of oxazole rings is 1. The molecule has 0 aliphatic rings. The van der Waals surface area contributed by atoms with Crippen LogP contribution in [0.3, 0.4) is 0 Å². The first-order valence-corrected chi connectivity index (χ1v) is 7.99. The molecule has 2 nitrogen and oxygen atoms in total. The first-order valence-electron chi connectivity index (χ1n) is 6.25. The fourth-order valence-corrected chi connectivity index (χ4v) is 2.96. The summed E-state index contributed by atoms with van der Waals surface area (Å²) in [5.74, 6) is 0.783. The van der Waals surface area contributed by atoms with Crippen LogP contribution in [0.25, 0.3) is 17.2 Å². The lowest BCUT2D eigenvalue weighted by molar-refractivity contribution is 0.489. The molecule has 2 aromatic carbocycles. The monoisotopic (exact) mass is 335 g/mol. The van der Waals surface area contributed by atoms with Gasteiger partial charge in [-0.1, -0.05) is 71.9 Å². The summed E-state index contributed by atoms with van der Waals surface area (Å²) in [7, 11) is 0. The molecule has 0 aliphatic heterocycles. The van der Waals surface area contributed by atoms with E-state index < -0.39 is 0 Å². The molecule has 0 amide bonds. The predicted molar refractivity (Wildman–Crippen MR) is 90.1 cm³/mol. The van der Waals surface area contributed by atoms with E-state index >= 15 is 0 Å². The highest BCUT2D eigenvalue weighted by atomic mass is 35.5. The molecule has 1 aromatic heterocycles. The summed E-state index contributed by atoms with van der Waals surface area (Å²) in [5.41, 5.74) is 3.67. The van der Waals surface area contributed by atoms with Crippen molar-refractivity contribution in [2.45, 2.75) is 11.0 Å². The maximum absolute atomic E-state index is 5.97. The number of nitrogens with zero attached hydrogens (tertiary/aromatic N) is 1. The van der Waals surface area contributed by atoms with E-state index in [4.69, 9.17) is 27.6 Å². The fourth-order valence-electron chi connectivity index (χ4n) is 1.86. The van der Waals surface area contributed by atoms with Crippen molar-refractivity contribution in [3.8, 4) is 0 Å². The first kappa shape index (κ1) is 14.5. The van der Waals surface area contributed by atoms with Crippen LogP contribution in [0.15, 0.2) is 52.6 Å². The zero-order chi connectivity index (χ0) is 14.8. The number of hydrogen-bond donors (Lipinski definition) is 0. The van der Waals surface area contributed by atoms with Gasteiger partial charge in [0.15, 0.2) is 5.58 Å². The highest BCUT2D eigenvalue weighted by Crippen LogP contribution is 2.31. The smallest absolute Gasteiger partial charge is 0.257 e. The van der Waals surface area contributed by atoms with Crippen LogP contribution < -0.4 is 0 Å². The molecule has 0 spiro atoms. The Bertz CT molecular complexity index is 757. The van der Waals surface area contributed by atoms with Crippen molar-refractivity contribution in [1.29, 1.82) is 0 Å².